The number of nitrogens with one attached hydrogen (secondary N) is 1. The molecule has 8 heteroatoms. The number of likely N-dealkylation sites (tertiary alicyclic amines) is 1. The van der Waals surface area contributed by atoms with E-state index in [1.54, 1.807) is 9.58 Å². The van der Waals surface area contributed by atoms with E-state index in [0.29, 0.717) is 37.6 Å². The zero-order valence-corrected chi connectivity index (χ0v) is 14.1. The van der Waals surface area contributed by atoms with Crippen LogP contribution in [0.5, 0.6) is 0 Å². The molecule has 1 N–H and O–H groups in total. The number of carbonyl (C=O) groups excluding carboxylic acids is 2. The Hall–Kier alpha value is -3.03. The van der Waals surface area contributed by atoms with Crippen molar-refractivity contribution in [3.63, 3.8) is 0 Å². The van der Waals surface area contributed by atoms with Crippen molar-refractivity contribution in [2.75, 3.05) is 18.4 Å². The van der Waals surface area contributed by atoms with Gasteiger partial charge in [0, 0.05) is 30.9 Å². The van der Waals surface area contributed by atoms with E-state index in [1.807, 2.05) is 31.2 Å². The van der Waals surface area contributed by atoms with Crippen molar-refractivity contribution in [2.24, 2.45) is 5.92 Å². The maximum absolute atomic E-state index is 12.5. The first-order chi connectivity index (χ1) is 12.1. The Balaban J connectivity index is 1.69. The van der Waals surface area contributed by atoms with Crippen molar-refractivity contribution < 1.29 is 9.59 Å². The van der Waals surface area contributed by atoms with Crippen molar-refractivity contribution >= 4 is 17.5 Å². The molecule has 130 valence electrons. The van der Waals surface area contributed by atoms with Gasteiger partial charge in [0.1, 0.15) is 0 Å². The Morgan fingerprint density at radius 3 is 3.04 bits per heavy atom. The van der Waals surface area contributed by atoms with Crippen molar-refractivity contribution in [1.29, 1.82) is 0 Å². The molecule has 0 saturated carbocycles. The highest BCUT2D eigenvalue weighted by Gasteiger charge is 2.30. The Bertz CT molecular complexity index is 800. The quantitative estimate of drug-likeness (QED) is 0.829. The summed E-state index contributed by atoms with van der Waals surface area (Å²) in [5.41, 5.74) is 1.51. The summed E-state index contributed by atoms with van der Waals surface area (Å²) in [6.07, 6.45) is 1.93. The predicted molar refractivity (Wildman–Crippen MR) is 92.4 cm³/mol. The first-order valence-electron chi connectivity index (χ1n) is 8.21. The van der Waals surface area contributed by atoms with Crippen LogP contribution < -0.4 is 5.32 Å². The highest BCUT2D eigenvalue weighted by atomic mass is 16.2. The molecule has 0 aliphatic carbocycles. The lowest BCUT2D eigenvalue weighted by Crippen LogP contribution is -2.30. The summed E-state index contributed by atoms with van der Waals surface area (Å²) in [5.74, 6) is 0.214. The summed E-state index contributed by atoms with van der Waals surface area (Å²) in [6.45, 7) is 7.10. The summed E-state index contributed by atoms with van der Waals surface area (Å²) in [4.78, 5) is 25.7. The summed E-state index contributed by atoms with van der Waals surface area (Å²) in [7, 11) is 0. The average Bonchev–Trinajstić information content (AvgIpc) is 3.30. The van der Waals surface area contributed by atoms with Crippen LogP contribution in [0, 0.1) is 5.92 Å². The molecule has 1 aromatic heterocycles. The minimum absolute atomic E-state index is 0.0911. The van der Waals surface area contributed by atoms with Gasteiger partial charge in [-0.05, 0) is 42.0 Å². The van der Waals surface area contributed by atoms with Crippen molar-refractivity contribution in [1.82, 2.24) is 25.1 Å². The number of carbonyl (C=O) groups is 2. The number of nitrogens with zero attached hydrogens (tertiary/aromatic N) is 5. The van der Waals surface area contributed by atoms with Gasteiger partial charge in [0.25, 0.3) is 0 Å². The summed E-state index contributed by atoms with van der Waals surface area (Å²) >= 11 is 0. The molecular formula is C17H20N6O2. The van der Waals surface area contributed by atoms with Crippen molar-refractivity contribution in [2.45, 2.75) is 19.9 Å². The molecule has 2 heterocycles. The number of rotatable bonds is 5. The van der Waals surface area contributed by atoms with Crippen LogP contribution in [0.1, 0.15) is 13.3 Å². The first-order valence-corrected chi connectivity index (χ1v) is 8.21. The molecule has 8 nitrogen and oxygen atoms in total. The van der Waals surface area contributed by atoms with Gasteiger partial charge < -0.3 is 10.2 Å². The SMILES string of the molecule is C=CC(=O)N1CCC(C(=O)Nc2cccc(-c3nnnn3CC)c2)C1. The molecule has 3 rings (SSSR count). The lowest BCUT2D eigenvalue weighted by atomic mass is 10.1. The second kappa shape index (κ2) is 7.25. The molecule has 0 bridgehead atoms. The second-order valence-corrected chi connectivity index (χ2v) is 5.86. The fourth-order valence-electron chi connectivity index (χ4n) is 2.91. The Morgan fingerprint density at radius 2 is 2.28 bits per heavy atom. The number of aryl methyl sites for hydroxylation is 1. The highest BCUT2D eigenvalue weighted by molar-refractivity contribution is 5.94. The Kier molecular flexibility index (Phi) is 4.87. The first kappa shape index (κ1) is 16.8. The summed E-state index contributed by atoms with van der Waals surface area (Å²) < 4.78 is 1.69. The fraction of sp³-hybridized carbons (Fsp3) is 0.353. The standard InChI is InChI=1S/C17H20N6O2/c1-3-15(24)22-9-8-13(11-22)17(25)18-14-7-5-6-12(10-14)16-19-20-21-23(16)4-2/h3,5-7,10,13H,1,4,8-9,11H2,2H3,(H,18,25). The van der Waals surface area contributed by atoms with Crippen LogP contribution in [0.15, 0.2) is 36.9 Å². The number of tetrazole rings is 1. The maximum Gasteiger partial charge on any atom is 0.245 e. The van der Waals surface area contributed by atoms with Crippen molar-refractivity contribution in [3.8, 4) is 11.4 Å². The molecule has 0 radical (unpaired) electrons. The van der Waals surface area contributed by atoms with Crippen LogP contribution in [0.2, 0.25) is 0 Å². The molecule has 1 unspecified atom stereocenters. The molecular weight excluding hydrogens is 320 g/mol. The largest absolute Gasteiger partial charge is 0.338 e. The molecule has 1 aliphatic heterocycles. The van der Waals surface area contributed by atoms with E-state index in [0.717, 1.165) is 5.56 Å². The number of benzene rings is 1. The smallest absolute Gasteiger partial charge is 0.245 e. The predicted octanol–water partition coefficient (Wildman–Crippen LogP) is 1.33. The number of aromatic nitrogens is 4. The molecule has 1 fully saturated rings. The highest BCUT2D eigenvalue weighted by Crippen LogP contribution is 2.22. The van der Waals surface area contributed by atoms with Crippen LogP contribution in [-0.2, 0) is 16.1 Å². The van der Waals surface area contributed by atoms with E-state index in [-0.39, 0.29) is 17.7 Å². The van der Waals surface area contributed by atoms with Gasteiger partial charge in [-0.3, -0.25) is 9.59 Å². The lowest BCUT2D eigenvalue weighted by molar-refractivity contribution is -0.125. The maximum atomic E-state index is 12.5. The molecule has 25 heavy (non-hydrogen) atoms. The molecule has 2 aromatic rings. The minimum atomic E-state index is -0.214. The zero-order valence-electron chi connectivity index (χ0n) is 14.1. The van der Waals surface area contributed by atoms with Crippen molar-refractivity contribution in [3.05, 3.63) is 36.9 Å². The molecule has 2 amide bonds. The van der Waals surface area contributed by atoms with E-state index in [9.17, 15) is 9.59 Å². The number of amides is 2. The van der Waals surface area contributed by atoms with Gasteiger partial charge in [-0.1, -0.05) is 18.7 Å². The van der Waals surface area contributed by atoms with E-state index in [1.165, 1.54) is 6.08 Å². The van der Waals surface area contributed by atoms with Gasteiger partial charge >= 0.3 is 0 Å². The molecule has 1 aliphatic rings. The Morgan fingerprint density at radius 1 is 1.44 bits per heavy atom. The van der Waals surface area contributed by atoms with Crippen LogP contribution >= 0.6 is 0 Å². The number of hydrogen-bond donors (Lipinski definition) is 1. The van der Waals surface area contributed by atoms with Gasteiger partial charge in [0.2, 0.25) is 11.8 Å². The van der Waals surface area contributed by atoms with E-state index >= 15 is 0 Å². The number of anilines is 1. The summed E-state index contributed by atoms with van der Waals surface area (Å²) in [5, 5.41) is 14.6. The van der Waals surface area contributed by atoms with Gasteiger partial charge in [0.05, 0.1) is 5.92 Å². The van der Waals surface area contributed by atoms with Gasteiger partial charge in [-0.2, -0.15) is 0 Å². The monoisotopic (exact) mass is 340 g/mol. The van der Waals surface area contributed by atoms with Gasteiger partial charge in [-0.15, -0.1) is 5.10 Å². The van der Waals surface area contributed by atoms with Gasteiger partial charge in [-0.25, -0.2) is 4.68 Å². The molecule has 1 aromatic carbocycles. The second-order valence-electron chi connectivity index (χ2n) is 5.86. The minimum Gasteiger partial charge on any atom is -0.338 e. The third-order valence-electron chi connectivity index (χ3n) is 4.27. The van der Waals surface area contributed by atoms with Gasteiger partial charge in [0.15, 0.2) is 5.82 Å². The van der Waals surface area contributed by atoms with E-state index in [2.05, 4.69) is 27.4 Å². The zero-order chi connectivity index (χ0) is 17.8. The fourth-order valence-corrected chi connectivity index (χ4v) is 2.91. The molecule has 0 spiro atoms. The third kappa shape index (κ3) is 3.57. The van der Waals surface area contributed by atoms with E-state index in [4.69, 9.17) is 0 Å². The Labute approximate surface area is 145 Å². The van der Waals surface area contributed by atoms with E-state index < -0.39 is 0 Å². The molecule has 1 atom stereocenters. The summed E-state index contributed by atoms with van der Waals surface area (Å²) in [6, 6.07) is 7.41. The van der Waals surface area contributed by atoms with Crippen LogP contribution in [0.25, 0.3) is 11.4 Å². The van der Waals surface area contributed by atoms with Crippen LogP contribution in [-0.4, -0.2) is 50.0 Å². The average molecular weight is 340 g/mol. The van der Waals surface area contributed by atoms with Crippen LogP contribution in [0.3, 0.4) is 0 Å². The lowest BCUT2D eigenvalue weighted by Gasteiger charge is -2.14. The molecule has 1 saturated heterocycles. The normalized spacial score (nSPS) is 16.7. The number of hydrogen-bond acceptors (Lipinski definition) is 5. The third-order valence-corrected chi connectivity index (χ3v) is 4.27. The van der Waals surface area contributed by atoms with Crippen LogP contribution in [0.4, 0.5) is 5.69 Å². The topological polar surface area (TPSA) is 93.0 Å².